The van der Waals surface area contributed by atoms with Crippen LogP contribution < -0.4 is 5.32 Å². The third-order valence-electron chi connectivity index (χ3n) is 2.64. The van der Waals surface area contributed by atoms with E-state index in [-0.39, 0.29) is 19.1 Å². The second-order valence-corrected chi connectivity index (χ2v) is 4.54. The van der Waals surface area contributed by atoms with E-state index in [0.29, 0.717) is 0 Å². The lowest BCUT2D eigenvalue weighted by Crippen LogP contribution is -2.41. The standard InChI is InChI=1S/C13H16F2N2O3/c1-8(2)17(7-12(19)20)6-11(18)16-13-9(14)4-3-5-10(13)15/h3-5,8H,6-7H2,1-2H3,(H,16,18)(H,19,20). The first-order valence-electron chi connectivity index (χ1n) is 6.01. The number of carbonyl (C=O) groups excluding carboxylic acids is 1. The van der Waals surface area contributed by atoms with Crippen LogP contribution in [0.4, 0.5) is 14.5 Å². The van der Waals surface area contributed by atoms with Gasteiger partial charge in [-0.15, -0.1) is 0 Å². The molecule has 0 spiro atoms. The van der Waals surface area contributed by atoms with Crippen LogP contribution in [0, 0.1) is 11.6 Å². The van der Waals surface area contributed by atoms with Gasteiger partial charge in [-0.1, -0.05) is 6.07 Å². The summed E-state index contributed by atoms with van der Waals surface area (Å²) in [6.07, 6.45) is 0. The summed E-state index contributed by atoms with van der Waals surface area (Å²) < 4.78 is 26.7. The van der Waals surface area contributed by atoms with Crippen molar-refractivity contribution in [2.75, 3.05) is 18.4 Å². The van der Waals surface area contributed by atoms with E-state index in [1.165, 1.54) is 11.0 Å². The van der Waals surface area contributed by atoms with E-state index >= 15 is 0 Å². The van der Waals surface area contributed by atoms with Crippen molar-refractivity contribution in [1.82, 2.24) is 4.90 Å². The zero-order chi connectivity index (χ0) is 15.3. The van der Waals surface area contributed by atoms with Crippen LogP contribution in [0.5, 0.6) is 0 Å². The average Bonchev–Trinajstić information content (AvgIpc) is 2.32. The van der Waals surface area contributed by atoms with E-state index in [1.807, 2.05) is 0 Å². The van der Waals surface area contributed by atoms with Crippen LogP contribution in [-0.4, -0.2) is 41.0 Å². The van der Waals surface area contributed by atoms with Crippen LogP contribution in [0.3, 0.4) is 0 Å². The Morgan fingerprint density at radius 1 is 1.25 bits per heavy atom. The number of carboxylic acid groups (broad SMARTS) is 1. The summed E-state index contributed by atoms with van der Waals surface area (Å²) in [6, 6.07) is 3.04. The van der Waals surface area contributed by atoms with Crippen molar-refractivity contribution < 1.29 is 23.5 Å². The molecule has 1 aromatic rings. The molecule has 0 bridgehead atoms. The van der Waals surface area contributed by atoms with Gasteiger partial charge in [0.25, 0.3) is 0 Å². The number of halogens is 2. The predicted octanol–water partition coefficient (Wildman–Crippen LogP) is 1.70. The molecular formula is C13H16F2N2O3. The molecule has 0 atom stereocenters. The lowest BCUT2D eigenvalue weighted by Gasteiger charge is -2.23. The normalized spacial score (nSPS) is 10.9. The summed E-state index contributed by atoms with van der Waals surface area (Å²) >= 11 is 0. The van der Waals surface area contributed by atoms with Crippen LogP contribution in [0.25, 0.3) is 0 Å². The molecule has 0 saturated carbocycles. The Hall–Kier alpha value is -2.02. The Morgan fingerprint density at radius 2 is 1.80 bits per heavy atom. The summed E-state index contributed by atoms with van der Waals surface area (Å²) in [5.74, 6) is -3.52. The molecule has 0 saturated heterocycles. The molecule has 0 aromatic heterocycles. The van der Waals surface area contributed by atoms with Gasteiger partial charge in [0.05, 0.1) is 13.1 Å². The molecule has 0 radical (unpaired) electrons. The van der Waals surface area contributed by atoms with Gasteiger partial charge in [0.15, 0.2) is 0 Å². The van der Waals surface area contributed by atoms with E-state index in [2.05, 4.69) is 5.32 Å². The van der Waals surface area contributed by atoms with Gasteiger partial charge in [-0.05, 0) is 26.0 Å². The monoisotopic (exact) mass is 286 g/mol. The summed E-state index contributed by atoms with van der Waals surface area (Å²) in [5, 5.41) is 10.8. The SMILES string of the molecule is CC(C)N(CC(=O)O)CC(=O)Nc1c(F)cccc1F. The van der Waals surface area contributed by atoms with Crippen LogP contribution in [0.15, 0.2) is 18.2 Å². The van der Waals surface area contributed by atoms with Crippen LogP contribution in [0.1, 0.15) is 13.8 Å². The average molecular weight is 286 g/mol. The number of hydrogen-bond acceptors (Lipinski definition) is 3. The molecule has 0 aliphatic carbocycles. The lowest BCUT2D eigenvalue weighted by atomic mass is 10.2. The van der Waals surface area contributed by atoms with E-state index < -0.39 is 29.2 Å². The van der Waals surface area contributed by atoms with E-state index in [1.54, 1.807) is 13.8 Å². The highest BCUT2D eigenvalue weighted by Crippen LogP contribution is 2.17. The number of nitrogens with zero attached hydrogens (tertiary/aromatic N) is 1. The van der Waals surface area contributed by atoms with Gasteiger partial charge in [0, 0.05) is 6.04 Å². The zero-order valence-electron chi connectivity index (χ0n) is 11.2. The van der Waals surface area contributed by atoms with Crippen molar-refractivity contribution in [2.24, 2.45) is 0 Å². The maximum absolute atomic E-state index is 13.4. The molecule has 20 heavy (non-hydrogen) atoms. The van der Waals surface area contributed by atoms with Crippen LogP contribution in [-0.2, 0) is 9.59 Å². The number of amides is 1. The highest BCUT2D eigenvalue weighted by molar-refractivity contribution is 5.92. The maximum atomic E-state index is 13.4. The highest BCUT2D eigenvalue weighted by Gasteiger charge is 2.19. The fraction of sp³-hybridized carbons (Fsp3) is 0.385. The fourth-order valence-corrected chi connectivity index (χ4v) is 1.58. The molecule has 1 rings (SSSR count). The van der Waals surface area contributed by atoms with Gasteiger partial charge in [0.1, 0.15) is 17.3 Å². The number of benzene rings is 1. The van der Waals surface area contributed by atoms with Gasteiger partial charge in [-0.3, -0.25) is 14.5 Å². The number of aliphatic carboxylic acids is 1. The first-order chi connectivity index (χ1) is 9.31. The topological polar surface area (TPSA) is 69.6 Å². The molecule has 1 aromatic carbocycles. The number of rotatable bonds is 6. The number of hydrogen-bond donors (Lipinski definition) is 2. The smallest absolute Gasteiger partial charge is 0.317 e. The van der Waals surface area contributed by atoms with Crippen molar-refractivity contribution in [3.63, 3.8) is 0 Å². The molecular weight excluding hydrogens is 270 g/mol. The second-order valence-electron chi connectivity index (χ2n) is 4.54. The summed E-state index contributed by atoms with van der Waals surface area (Å²) in [4.78, 5) is 23.8. The number of carbonyl (C=O) groups is 2. The molecule has 0 fully saturated rings. The maximum Gasteiger partial charge on any atom is 0.317 e. The number of nitrogens with one attached hydrogen (secondary N) is 1. The van der Waals surface area contributed by atoms with Gasteiger partial charge in [0.2, 0.25) is 5.91 Å². The molecule has 0 unspecified atom stereocenters. The fourth-order valence-electron chi connectivity index (χ4n) is 1.58. The minimum Gasteiger partial charge on any atom is -0.480 e. The molecule has 0 aliphatic rings. The van der Waals surface area contributed by atoms with Gasteiger partial charge >= 0.3 is 5.97 Å². The Bertz CT molecular complexity index is 486. The second kappa shape index (κ2) is 6.95. The minimum absolute atomic E-state index is 0.192. The first kappa shape index (κ1) is 16.0. The quantitative estimate of drug-likeness (QED) is 0.835. The summed E-state index contributed by atoms with van der Waals surface area (Å²) in [7, 11) is 0. The van der Waals surface area contributed by atoms with Gasteiger partial charge in [-0.2, -0.15) is 0 Å². The lowest BCUT2D eigenvalue weighted by molar-refractivity contribution is -0.139. The third kappa shape index (κ3) is 4.58. The van der Waals surface area contributed by atoms with Crippen molar-refractivity contribution in [2.45, 2.75) is 19.9 Å². The summed E-state index contributed by atoms with van der Waals surface area (Å²) in [6.45, 7) is 2.85. The van der Waals surface area contributed by atoms with E-state index in [0.717, 1.165) is 12.1 Å². The first-order valence-corrected chi connectivity index (χ1v) is 6.01. The Balaban J connectivity index is 2.73. The Morgan fingerprint density at radius 3 is 2.25 bits per heavy atom. The molecule has 2 N–H and O–H groups in total. The largest absolute Gasteiger partial charge is 0.480 e. The molecule has 110 valence electrons. The van der Waals surface area contributed by atoms with Crippen LogP contribution >= 0.6 is 0 Å². The highest BCUT2D eigenvalue weighted by atomic mass is 19.1. The third-order valence-corrected chi connectivity index (χ3v) is 2.64. The Kier molecular flexibility index (Phi) is 5.57. The van der Waals surface area contributed by atoms with Crippen LogP contribution in [0.2, 0.25) is 0 Å². The molecule has 1 amide bonds. The Labute approximate surface area is 115 Å². The van der Waals surface area contributed by atoms with Crippen molar-refractivity contribution in [3.8, 4) is 0 Å². The predicted molar refractivity (Wildman–Crippen MR) is 69.3 cm³/mol. The summed E-state index contributed by atoms with van der Waals surface area (Å²) in [5.41, 5.74) is -0.531. The number of para-hydroxylation sites is 1. The molecule has 7 heteroatoms. The molecule has 0 heterocycles. The van der Waals surface area contributed by atoms with Gasteiger partial charge < -0.3 is 10.4 Å². The zero-order valence-corrected chi connectivity index (χ0v) is 11.2. The van der Waals surface area contributed by atoms with Crippen molar-refractivity contribution in [1.29, 1.82) is 0 Å². The number of anilines is 1. The van der Waals surface area contributed by atoms with Crippen molar-refractivity contribution >= 4 is 17.6 Å². The molecule has 5 nitrogen and oxygen atoms in total. The van der Waals surface area contributed by atoms with E-state index in [4.69, 9.17) is 5.11 Å². The number of carboxylic acids is 1. The van der Waals surface area contributed by atoms with Gasteiger partial charge in [-0.25, -0.2) is 8.78 Å². The molecule has 0 aliphatic heterocycles. The van der Waals surface area contributed by atoms with E-state index in [9.17, 15) is 18.4 Å². The minimum atomic E-state index is -1.08. The van der Waals surface area contributed by atoms with Crippen molar-refractivity contribution in [3.05, 3.63) is 29.8 Å².